The van der Waals surface area contributed by atoms with E-state index in [4.69, 9.17) is 5.11 Å². The van der Waals surface area contributed by atoms with E-state index in [2.05, 4.69) is 11.6 Å². The largest absolute Gasteiger partial charge is 0.506 e. The first kappa shape index (κ1) is 7.72. The molecule has 1 aromatic rings. The highest BCUT2D eigenvalue weighted by molar-refractivity contribution is 5.28. The number of hydrogen-bond donors (Lipinski definition) is 1. The van der Waals surface area contributed by atoms with Crippen molar-refractivity contribution in [1.82, 2.24) is 4.98 Å². The summed E-state index contributed by atoms with van der Waals surface area (Å²) in [6, 6.07) is 2.92. The van der Waals surface area contributed by atoms with Crippen LogP contribution in [0, 0.1) is 0 Å². The summed E-state index contributed by atoms with van der Waals surface area (Å²) in [6.07, 6.45) is 1.11. The molecule has 0 radical (unpaired) electrons. The van der Waals surface area contributed by atoms with Gasteiger partial charge in [-0.15, -0.1) is 0 Å². The summed E-state index contributed by atoms with van der Waals surface area (Å²) in [5.41, 5.74) is 0.0162. The molecule has 0 aliphatic rings. The van der Waals surface area contributed by atoms with Gasteiger partial charge in [0.25, 0.3) is 0 Å². The van der Waals surface area contributed by atoms with Gasteiger partial charge in [0.15, 0.2) is 6.17 Å². The fourth-order valence-electron chi connectivity index (χ4n) is 0.733. The molecule has 1 atom stereocenters. The molecular weight excluding hydrogens is 145 g/mol. The molecule has 1 unspecified atom stereocenters. The molecule has 0 fully saturated rings. The van der Waals surface area contributed by atoms with Gasteiger partial charge in [-0.25, -0.2) is 4.39 Å². The fourth-order valence-corrected chi connectivity index (χ4v) is 0.733. The number of nitrogens with zero attached hydrogens (tertiary/aromatic N) is 1. The molecular formula is C8H8FNO. The SMILES string of the molecule is C=CC(F)c1ncccc1O. The lowest BCUT2D eigenvalue weighted by Gasteiger charge is -2.02. The Labute approximate surface area is 64.0 Å². The van der Waals surface area contributed by atoms with Crippen LogP contribution in [-0.2, 0) is 0 Å². The van der Waals surface area contributed by atoms with Crippen LogP contribution in [0.3, 0.4) is 0 Å². The Bertz CT molecular complexity index is 262. The van der Waals surface area contributed by atoms with Gasteiger partial charge in [0, 0.05) is 6.20 Å². The lowest BCUT2D eigenvalue weighted by atomic mass is 10.2. The summed E-state index contributed by atoms with van der Waals surface area (Å²) in [5.74, 6) is -0.139. The normalized spacial score (nSPS) is 12.5. The van der Waals surface area contributed by atoms with Crippen LogP contribution in [0.1, 0.15) is 11.9 Å². The van der Waals surface area contributed by atoms with Gasteiger partial charge < -0.3 is 5.11 Å². The second-order valence-electron chi connectivity index (χ2n) is 2.05. The molecule has 1 aromatic heterocycles. The van der Waals surface area contributed by atoms with Crippen molar-refractivity contribution in [3.63, 3.8) is 0 Å². The van der Waals surface area contributed by atoms with Crippen LogP contribution in [0.25, 0.3) is 0 Å². The van der Waals surface area contributed by atoms with E-state index in [1.807, 2.05) is 0 Å². The minimum Gasteiger partial charge on any atom is -0.506 e. The van der Waals surface area contributed by atoms with E-state index >= 15 is 0 Å². The maximum Gasteiger partial charge on any atom is 0.164 e. The van der Waals surface area contributed by atoms with E-state index in [1.54, 1.807) is 0 Å². The average molecular weight is 153 g/mol. The number of hydrogen-bond acceptors (Lipinski definition) is 2. The van der Waals surface area contributed by atoms with E-state index < -0.39 is 6.17 Å². The second-order valence-corrected chi connectivity index (χ2v) is 2.05. The Kier molecular flexibility index (Phi) is 2.21. The highest BCUT2D eigenvalue weighted by Gasteiger charge is 2.10. The number of pyridine rings is 1. The number of alkyl halides is 1. The van der Waals surface area contributed by atoms with Gasteiger partial charge in [-0.1, -0.05) is 12.7 Å². The first-order valence-electron chi connectivity index (χ1n) is 3.16. The monoisotopic (exact) mass is 153 g/mol. The lowest BCUT2D eigenvalue weighted by Crippen LogP contribution is -1.91. The lowest BCUT2D eigenvalue weighted by molar-refractivity contribution is 0.379. The van der Waals surface area contributed by atoms with Crippen molar-refractivity contribution in [2.75, 3.05) is 0 Å². The Morgan fingerprint density at radius 2 is 2.45 bits per heavy atom. The van der Waals surface area contributed by atoms with Gasteiger partial charge >= 0.3 is 0 Å². The van der Waals surface area contributed by atoms with E-state index in [1.165, 1.54) is 18.3 Å². The third kappa shape index (κ3) is 1.55. The number of halogens is 1. The fraction of sp³-hybridized carbons (Fsp3) is 0.125. The van der Waals surface area contributed by atoms with Gasteiger partial charge in [0.1, 0.15) is 11.4 Å². The molecule has 11 heavy (non-hydrogen) atoms. The van der Waals surface area contributed by atoms with Crippen LogP contribution >= 0.6 is 0 Å². The smallest absolute Gasteiger partial charge is 0.164 e. The molecule has 1 heterocycles. The zero-order chi connectivity index (χ0) is 8.27. The van der Waals surface area contributed by atoms with E-state index in [0.29, 0.717) is 0 Å². The summed E-state index contributed by atoms with van der Waals surface area (Å²) in [5, 5.41) is 9.06. The second kappa shape index (κ2) is 3.14. The van der Waals surface area contributed by atoms with Crippen molar-refractivity contribution in [2.45, 2.75) is 6.17 Å². The molecule has 1 N–H and O–H groups in total. The van der Waals surface area contributed by atoms with Gasteiger partial charge in [0.2, 0.25) is 0 Å². The Morgan fingerprint density at radius 1 is 1.73 bits per heavy atom. The summed E-state index contributed by atoms with van der Waals surface area (Å²) >= 11 is 0. The predicted molar refractivity (Wildman–Crippen MR) is 39.9 cm³/mol. The molecule has 0 spiro atoms. The van der Waals surface area contributed by atoms with E-state index in [0.717, 1.165) is 6.08 Å². The van der Waals surface area contributed by atoms with Crippen molar-refractivity contribution < 1.29 is 9.50 Å². The molecule has 58 valence electrons. The minimum absolute atomic E-state index is 0.0162. The Hall–Kier alpha value is -1.38. The van der Waals surface area contributed by atoms with E-state index in [9.17, 15) is 4.39 Å². The molecule has 0 amide bonds. The highest BCUT2D eigenvalue weighted by atomic mass is 19.1. The van der Waals surface area contributed by atoms with Gasteiger partial charge in [-0.2, -0.15) is 0 Å². The molecule has 3 heteroatoms. The number of aromatic hydroxyl groups is 1. The van der Waals surface area contributed by atoms with Crippen molar-refractivity contribution in [3.8, 4) is 5.75 Å². The summed E-state index contributed by atoms with van der Waals surface area (Å²) in [4.78, 5) is 3.65. The van der Waals surface area contributed by atoms with Crippen LogP contribution in [-0.4, -0.2) is 10.1 Å². The number of aromatic nitrogens is 1. The predicted octanol–water partition coefficient (Wildman–Crippen LogP) is 1.98. The summed E-state index contributed by atoms with van der Waals surface area (Å²) in [7, 11) is 0. The average Bonchev–Trinajstić information content (AvgIpc) is 2.04. The molecule has 2 nitrogen and oxygen atoms in total. The molecule has 0 saturated carbocycles. The third-order valence-corrected chi connectivity index (χ3v) is 1.28. The topological polar surface area (TPSA) is 33.1 Å². The van der Waals surface area contributed by atoms with Crippen LogP contribution < -0.4 is 0 Å². The molecule has 1 rings (SSSR count). The standard InChI is InChI=1S/C8H8FNO/c1-2-6(9)8-7(11)4-3-5-10-8/h2-6,11H,1H2. The Morgan fingerprint density at radius 3 is 3.00 bits per heavy atom. The molecule has 0 aliphatic heterocycles. The molecule has 0 bridgehead atoms. The van der Waals surface area contributed by atoms with Crippen molar-refractivity contribution in [1.29, 1.82) is 0 Å². The highest BCUT2D eigenvalue weighted by Crippen LogP contribution is 2.24. The Balaban J connectivity index is 3.02. The van der Waals surface area contributed by atoms with Crippen LogP contribution in [0.4, 0.5) is 4.39 Å². The minimum atomic E-state index is -1.39. The first-order valence-corrected chi connectivity index (χ1v) is 3.16. The van der Waals surface area contributed by atoms with Crippen molar-refractivity contribution >= 4 is 0 Å². The first-order chi connectivity index (χ1) is 5.25. The maximum absolute atomic E-state index is 12.8. The molecule has 0 aliphatic carbocycles. The van der Waals surface area contributed by atoms with Crippen molar-refractivity contribution in [3.05, 3.63) is 36.7 Å². The van der Waals surface area contributed by atoms with E-state index in [-0.39, 0.29) is 11.4 Å². The number of rotatable bonds is 2. The summed E-state index contributed by atoms with van der Waals surface area (Å²) < 4.78 is 12.8. The number of allylic oxidation sites excluding steroid dienone is 1. The summed E-state index contributed by atoms with van der Waals surface area (Å²) in [6.45, 7) is 3.25. The zero-order valence-corrected chi connectivity index (χ0v) is 5.87. The molecule has 0 aromatic carbocycles. The van der Waals surface area contributed by atoms with Gasteiger partial charge in [-0.05, 0) is 12.1 Å². The van der Waals surface area contributed by atoms with Crippen LogP contribution in [0.5, 0.6) is 5.75 Å². The maximum atomic E-state index is 12.8. The molecule has 0 saturated heterocycles. The third-order valence-electron chi connectivity index (χ3n) is 1.28. The quantitative estimate of drug-likeness (QED) is 0.659. The van der Waals surface area contributed by atoms with Crippen LogP contribution in [0.2, 0.25) is 0 Å². The van der Waals surface area contributed by atoms with Crippen molar-refractivity contribution in [2.24, 2.45) is 0 Å². The zero-order valence-electron chi connectivity index (χ0n) is 5.87. The van der Waals surface area contributed by atoms with Gasteiger partial charge in [-0.3, -0.25) is 4.98 Å². The van der Waals surface area contributed by atoms with Gasteiger partial charge in [0.05, 0.1) is 0 Å². The van der Waals surface area contributed by atoms with Crippen LogP contribution in [0.15, 0.2) is 31.0 Å².